The second-order valence-corrected chi connectivity index (χ2v) is 10.7. The summed E-state index contributed by atoms with van der Waals surface area (Å²) in [5.41, 5.74) is -1.76. The molecule has 6 nitrogen and oxygen atoms in total. The van der Waals surface area contributed by atoms with Crippen LogP contribution in [0.4, 0.5) is 26.3 Å². The van der Waals surface area contributed by atoms with Crippen LogP contribution < -0.4 is 10.6 Å². The maximum absolute atomic E-state index is 13.5. The van der Waals surface area contributed by atoms with Gasteiger partial charge in [0.05, 0.1) is 33.7 Å². The molecule has 1 heterocycles. The highest BCUT2D eigenvalue weighted by Crippen LogP contribution is 2.48. The van der Waals surface area contributed by atoms with Gasteiger partial charge in [0, 0.05) is 6.08 Å². The molecular weight excluding hydrogens is 538 g/mol. The molecule has 4 N–H and O–H groups in total. The van der Waals surface area contributed by atoms with Gasteiger partial charge in [-0.05, 0) is 41.5 Å². The van der Waals surface area contributed by atoms with Crippen LogP contribution in [0.3, 0.4) is 0 Å². The van der Waals surface area contributed by atoms with E-state index in [4.69, 9.17) is 11.6 Å². The Morgan fingerprint density at radius 2 is 1.72 bits per heavy atom. The highest BCUT2D eigenvalue weighted by Gasteiger charge is 2.42. The summed E-state index contributed by atoms with van der Waals surface area (Å²) in [6, 6.07) is 3.44. The SMILES string of the molecule is O=C(/C=C/c1ccc(C(=O)NC2CS(O)(O)C2)c(Cl)c1)NC(c1cccc(C(F)(F)F)c1)C(F)(F)F. The summed E-state index contributed by atoms with van der Waals surface area (Å²) in [6.07, 6.45) is -8.07. The van der Waals surface area contributed by atoms with Crippen molar-refractivity contribution in [3.8, 4) is 0 Å². The number of alkyl halides is 6. The maximum atomic E-state index is 13.5. The summed E-state index contributed by atoms with van der Waals surface area (Å²) in [4.78, 5) is 24.4. The van der Waals surface area contributed by atoms with Crippen LogP contribution in [0.15, 0.2) is 48.5 Å². The van der Waals surface area contributed by atoms with Crippen LogP contribution in [-0.2, 0) is 11.0 Å². The van der Waals surface area contributed by atoms with E-state index in [1.807, 2.05) is 0 Å². The van der Waals surface area contributed by atoms with Crippen molar-refractivity contribution in [3.63, 3.8) is 0 Å². The Labute approximate surface area is 207 Å². The number of rotatable bonds is 6. The fourth-order valence-electron chi connectivity index (χ4n) is 3.37. The molecule has 1 atom stereocenters. The maximum Gasteiger partial charge on any atom is 0.416 e. The van der Waals surface area contributed by atoms with Crippen LogP contribution >= 0.6 is 22.2 Å². The number of benzene rings is 2. The summed E-state index contributed by atoms with van der Waals surface area (Å²) < 4.78 is 97.9. The summed E-state index contributed by atoms with van der Waals surface area (Å²) in [7, 11) is -2.65. The summed E-state index contributed by atoms with van der Waals surface area (Å²) in [6.45, 7) is 0. The molecule has 1 fully saturated rings. The first-order valence-corrected chi connectivity index (χ1v) is 12.4. The lowest BCUT2D eigenvalue weighted by Crippen LogP contribution is -2.50. The lowest BCUT2D eigenvalue weighted by molar-refractivity contribution is -0.162. The lowest BCUT2D eigenvalue weighted by Gasteiger charge is -2.47. The fraction of sp³-hybridized carbons (Fsp3) is 0.273. The number of hydrogen-bond donors (Lipinski definition) is 4. The van der Waals surface area contributed by atoms with E-state index in [-0.39, 0.29) is 27.7 Å². The van der Waals surface area contributed by atoms with Crippen LogP contribution in [-0.4, -0.2) is 44.6 Å². The average molecular weight is 557 g/mol. The molecule has 2 amide bonds. The summed E-state index contributed by atoms with van der Waals surface area (Å²) in [5, 5.41) is 4.21. The zero-order valence-corrected chi connectivity index (χ0v) is 19.6. The number of halogens is 7. The third-order valence-electron chi connectivity index (χ3n) is 5.10. The number of carbonyl (C=O) groups excluding carboxylic acids is 2. The molecular formula is C22H19ClF6N2O4S. The van der Waals surface area contributed by atoms with Crippen LogP contribution in [0.1, 0.15) is 33.1 Å². The molecule has 0 saturated carbocycles. The molecule has 2 aromatic rings. The molecule has 0 radical (unpaired) electrons. The molecule has 3 rings (SSSR count). The molecule has 14 heteroatoms. The van der Waals surface area contributed by atoms with Crippen molar-refractivity contribution in [2.75, 3.05) is 11.5 Å². The molecule has 1 aliphatic heterocycles. The molecule has 36 heavy (non-hydrogen) atoms. The normalized spacial score (nSPS) is 17.8. The van der Waals surface area contributed by atoms with Crippen molar-refractivity contribution in [1.29, 1.82) is 0 Å². The van der Waals surface area contributed by atoms with Crippen molar-refractivity contribution in [2.24, 2.45) is 0 Å². The Bertz CT molecular complexity index is 1180. The van der Waals surface area contributed by atoms with Crippen molar-refractivity contribution >= 4 is 40.1 Å². The average Bonchev–Trinajstić information content (AvgIpc) is 2.73. The minimum absolute atomic E-state index is 0.0295. The van der Waals surface area contributed by atoms with Gasteiger partial charge >= 0.3 is 12.4 Å². The molecule has 1 aliphatic rings. The van der Waals surface area contributed by atoms with Gasteiger partial charge < -0.3 is 10.6 Å². The van der Waals surface area contributed by atoms with Crippen molar-refractivity contribution in [1.82, 2.24) is 10.6 Å². The van der Waals surface area contributed by atoms with Gasteiger partial charge in [0.2, 0.25) is 5.91 Å². The van der Waals surface area contributed by atoms with E-state index in [1.165, 1.54) is 18.2 Å². The minimum Gasteiger partial charge on any atom is -0.346 e. The van der Waals surface area contributed by atoms with Crippen molar-refractivity contribution in [3.05, 3.63) is 75.8 Å². The van der Waals surface area contributed by atoms with Gasteiger partial charge in [0.15, 0.2) is 6.04 Å². The van der Waals surface area contributed by atoms with E-state index >= 15 is 0 Å². The predicted molar refractivity (Wildman–Crippen MR) is 123 cm³/mol. The van der Waals surface area contributed by atoms with Gasteiger partial charge in [-0.2, -0.15) is 36.9 Å². The third kappa shape index (κ3) is 7.15. The van der Waals surface area contributed by atoms with Gasteiger partial charge in [-0.25, -0.2) is 0 Å². The van der Waals surface area contributed by atoms with E-state index < -0.39 is 58.0 Å². The molecule has 0 aromatic heterocycles. The second kappa shape index (κ2) is 10.3. The molecule has 1 unspecified atom stereocenters. The highest BCUT2D eigenvalue weighted by atomic mass is 35.5. The number of nitrogens with one attached hydrogen (secondary N) is 2. The van der Waals surface area contributed by atoms with Gasteiger partial charge in [-0.3, -0.25) is 18.7 Å². The molecule has 1 saturated heterocycles. The number of amides is 2. The highest BCUT2D eigenvalue weighted by molar-refractivity contribution is 8.25. The zero-order chi connectivity index (χ0) is 26.9. The molecule has 0 aliphatic carbocycles. The topological polar surface area (TPSA) is 98.7 Å². The van der Waals surface area contributed by atoms with Crippen molar-refractivity contribution in [2.45, 2.75) is 24.4 Å². The van der Waals surface area contributed by atoms with Crippen LogP contribution in [0.2, 0.25) is 5.02 Å². The smallest absolute Gasteiger partial charge is 0.346 e. The Balaban J connectivity index is 1.69. The van der Waals surface area contributed by atoms with Gasteiger partial charge in [0.1, 0.15) is 0 Å². The van der Waals surface area contributed by atoms with Crippen LogP contribution in [0.5, 0.6) is 0 Å². The molecule has 2 aromatic carbocycles. The van der Waals surface area contributed by atoms with E-state index in [9.17, 15) is 45.0 Å². The Kier molecular flexibility index (Phi) is 7.98. The second-order valence-electron chi connectivity index (χ2n) is 7.98. The van der Waals surface area contributed by atoms with E-state index in [0.717, 1.165) is 24.3 Å². The first-order valence-electron chi connectivity index (χ1n) is 10.1. The molecule has 0 spiro atoms. The van der Waals surface area contributed by atoms with Gasteiger partial charge in [0.25, 0.3) is 5.91 Å². The van der Waals surface area contributed by atoms with Gasteiger partial charge in [-0.1, -0.05) is 29.8 Å². The Morgan fingerprint density at radius 1 is 1.06 bits per heavy atom. The Hall–Kier alpha value is -2.74. The Morgan fingerprint density at radius 3 is 2.28 bits per heavy atom. The monoisotopic (exact) mass is 556 g/mol. The van der Waals surface area contributed by atoms with Crippen molar-refractivity contribution < 1.29 is 45.0 Å². The lowest BCUT2D eigenvalue weighted by atomic mass is 10.0. The summed E-state index contributed by atoms with van der Waals surface area (Å²) in [5.74, 6) is -1.73. The first kappa shape index (κ1) is 27.8. The summed E-state index contributed by atoms with van der Waals surface area (Å²) >= 11 is 6.09. The van der Waals surface area contributed by atoms with E-state index in [2.05, 4.69) is 5.32 Å². The predicted octanol–water partition coefficient (Wildman–Crippen LogP) is 5.65. The standard InChI is InChI=1S/C22H19ClF6N2O4S/c23-17-8-12(4-6-16(17)20(33)30-15-10-36(34,35)11-15)5-7-18(32)31-19(22(27,28)29)13-2-1-3-14(9-13)21(24,25)26/h1-9,15,19,34-35H,10-11H2,(H,30,33)(H,31,32)/b7-5+. The first-order chi connectivity index (χ1) is 16.5. The minimum atomic E-state index is -5.07. The largest absolute Gasteiger partial charge is 0.416 e. The fourth-order valence-corrected chi connectivity index (χ4v) is 5.00. The molecule has 0 bridgehead atoms. The van der Waals surface area contributed by atoms with Gasteiger partial charge in [-0.15, -0.1) is 0 Å². The number of carbonyl (C=O) groups is 2. The zero-order valence-electron chi connectivity index (χ0n) is 18.0. The number of hydrogen-bond acceptors (Lipinski definition) is 4. The van der Waals surface area contributed by atoms with E-state index in [0.29, 0.717) is 12.1 Å². The quantitative estimate of drug-likeness (QED) is 0.273. The van der Waals surface area contributed by atoms with E-state index in [1.54, 1.807) is 5.32 Å². The van der Waals surface area contributed by atoms with Crippen LogP contribution in [0.25, 0.3) is 6.08 Å². The third-order valence-corrected chi connectivity index (χ3v) is 7.28. The molecule has 196 valence electrons. The van der Waals surface area contributed by atoms with Crippen LogP contribution in [0, 0.1) is 0 Å².